The van der Waals surface area contributed by atoms with Gasteiger partial charge in [0.1, 0.15) is 5.52 Å². The quantitative estimate of drug-likeness (QED) is 0.387. The van der Waals surface area contributed by atoms with E-state index in [0.29, 0.717) is 22.9 Å². The van der Waals surface area contributed by atoms with Gasteiger partial charge in [0.25, 0.3) is 0 Å². The number of aromatic nitrogens is 6. The molecule has 0 saturated heterocycles. The molecule has 3 heterocycles. The fourth-order valence-electron chi connectivity index (χ4n) is 2.69. The first-order valence-electron chi connectivity index (χ1n) is 8.07. The van der Waals surface area contributed by atoms with Crippen LogP contribution in [0.3, 0.4) is 0 Å². The monoisotopic (exact) mass is 382 g/mol. The molecule has 4 aromatic rings. The zero-order valence-electron chi connectivity index (χ0n) is 14.6. The van der Waals surface area contributed by atoms with Gasteiger partial charge < -0.3 is 4.74 Å². The molecular formula is C18H15FN6OS. The molecular weight excluding hydrogens is 367 g/mol. The van der Waals surface area contributed by atoms with E-state index < -0.39 is 5.82 Å². The number of pyridine rings is 1. The van der Waals surface area contributed by atoms with E-state index in [4.69, 9.17) is 4.74 Å². The smallest absolute Gasteiger partial charge is 0.187 e. The van der Waals surface area contributed by atoms with Crippen molar-refractivity contribution < 1.29 is 9.13 Å². The van der Waals surface area contributed by atoms with Crippen LogP contribution in [0.15, 0.2) is 47.9 Å². The van der Waals surface area contributed by atoms with Gasteiger partial charge in [0, 0.05) is 18.0 Å². The van der Waals surface area contributed by atoms with Crippen LogP contribution in [0, 0.1) is 5.82 Å². The van der Waals surface area contributed by atoms with Crippen molar-refractivity contribution in [3.8, 4) is 17.0 Å². The van der Waals surface area contributed by atoms with Crippen LogP contribution in [0.1, 0.15) is 5.56 Å². The molecule has 0 amide bonds. The van der Waals surface area contributed by atoms with Crippen LogP contribution in [0.25, 0.3) is 22.4 Å². The molecule has 0 aliphatic heterocycles. The first-order chi connectivity index (χ1) is 13.2. The van der Waals surface area contributed by atoms with E-state index >= 15 is 0 Å². The lowest BCUT2D eigenvalue weighted by atomic mass is 10.2. The Morgan fingerprint density at radius 3 is 2.85 bits per heavy atom. The minimum absolute atomic E-state index is 0.208. The summed E-state index contributed by atoms with van der Waals surface area (Å²) in [5.41, 5.74) is 3.62. The lowest BCUT2D eigenvalue weighted by molar-refractivity contribution is 0.386. The normalized spacial score (nSPS) is 11.1. The van der Waals surface area contributed by atoms with Gasteiger partial charge in [-0.3, -0.25) is 0 Å². The van der Waals surface area contributed by atoms with Crippen LogP contribution in [0.2, 0.25) is 0 Å². The van der Waals surface area contributed by atoms with Gasteiger partial charge in [0.15, 0.2) is 22.4 Å². The fourth-order valence-corrected chi connectivity index (χ4v) is 3.05. The van der Waals surface area contributed by atoms with E-state index in [9.17, 15) is 4.39 Å². The highest BCUT2D eigenvalue weighted by molar-refractivity contribution is 7.98. The summed E-state index contributed by atoms with van der Waals surface area (Å²) < 4.78 is 20.5. The maximum atomic E-state index is 13.9. The third-order valence-corrected chi connectivity index (χ3v) is 4.57. The third kappa shape index (κ3) is 3.45. The summed E-state index contributed by atoms with van der Waals surface area (Å²) in [5.74, 6) is -0.206. The number of hydrogen-bond donors (Lipinski definition) is 0. The van der Waals surface area contributed by atoms with E-state index in [0.717, 1.165) is 16.8 Å². The molecule has 27 heavy (non-hydrogen) atoms. The van der Waals surface area contributed by atoms with Crippen LogP contribution in [-0.2, 0) is 6.54 Å². The average Bonchev–Trinajstić information content (AvgIpc) is 3.10. The molecule has 0 aliphatic carbocycles. The lowest BCUT2D eigenvalue weighted by Gasteiger charge is -2.06. The first-order valence-corrected chi connectivity index (χ1v) is 9.29. The van der Waals surface area contributed by atoms with Gasteiger partial charge in [-0.2, -0.15) is 0 Å². The summed E-state index contributed by atoms with van der Waals surface area (Å²) in [7, 11) is 1.43. The van der Waals surface area contributed by atoms with Gasteiger partial charge in [-0.1, -0.05) is 23.0 Å². The summed E-state index contributed by atoms with van der Waals surface area (Å²) in [4.78, 5) is 13.1. The predicted octanol–water partition coefficient (Wildman–Crippen LogP) is 3.20. The minimum atomic E-state index is -0.414. The highest BCUT2D eigenvalue weighted by Crippen LogP contribution is 2.22. The number of halogens is 1. The highest BCUT2D eigenvalue weighted by Gasteiger charge is 2.11. The van der Waals surface area contributed by atoms with Gasteiger partial charge in [-0.15, -0.1) is 5.10 Å². The Bertz CT molecular complexity index is 1120. The molecule has 4 rings (SSSR count). The van der Waals surface area contributed by atoms with Crippen molar-refractivity contribution >= 4 is 22.9 Å². The summed E-state index contributed by atoms with van der Waals surface area (Å²) >= 11 is 1.48. The molecule has 0 bridgehead atoms. The molecule has 3 aromatic heterocycles. The molecule has 7 nitrogen and oxygen atoms in total. The molecule has 0 atom stereocenters. The van der Waals surface area contributed by atoms with E-state index in [-0.39, 0.29) is 5.75 Å². The molecule has 0 fully saturated rings. The molecule has 0 spiro atoms. The van der Waals surface area contributed by atoms with Gasteiger partial charge in [-0.05, 0) is 36.1 Å². The van der Waals surface area contributed by atoms with Gasteiger partial charge in [0.2, 0.25) is 0 Å². The van der Waals surface area contributed by atoms with Gasteiger partial charge >= 0.3 is 0 Å². The fraction of sp³-hybridized carbons (Fsp3) is 0.167. The number of thioether (sulfide) groups is 1. The Morgan fingerprint density at radius 2 is 2.07 bits per heavy atom. The largest absolute Gasteiger partial charge is 0.494 e. The SMILES string of the molecule is COc1ccc(Cn2nnc3cc(-c4ccnc(SC)n4)cnc32)cc1F. The number of nitrogens with zero attached hydrogens (tertiary/aromatic N) is 6. The molecule has 0 N–H and O–H groups in total. The standard InChI is InChI=1S/C18H15FN6OS/c1-26-16-4-3-11(7-13(16)19)10-25-17-15(23-24-25)8-12(9-21-17)14-5-6-20-18(22-14)27-2/h3-9H,10H2,1-2H3. The summed E-state index contributed by atoms with van der Waals surface area (Å²) in [5, 5.41) is 9.02. The second kappa shape index (κ2) is 7.28. The van der Waals surface area contributed by atoms with Crippen molar-refractivity contribution in [3.63, 3.8) is 0 Å². The predicted molar refractivity (Wildman–Crippen MR) is 100 cm³/mol. The van der Waals surface area contributed by atoms with Crippen molar-refractivity contribution in [3.05, 3.63) is 54.1 Å². The molecule has 136 valence electrons. The van der Waals surface area contributed by atoms with E-state index in [1.807, 2.05) is 18.4 Å². The van der Waals surface area contributed by atoms with Gasteiger partial charge in [-0.25, -0.2) is 24.0 Å². The molecule has 9 heteroatoms. The van der Waals surface area contributed by atoms with Crippen molar-refractivity contribution in [2.24, 2.45) is 0 Å². The van der Waals surface area contributed by atoms with Crippen LogP contribution in [0.4, 0.5) is 4.39 Å². The van der Waals surface area contributed by atoms with Crippen molar-refractivity contribution in [1.82, 2.24) is 29.9 Å². The third-order valence-electron chi connectivity index (χ3n) is 4.01. The second-order valence-corrected chi connectivity index (χ2v) is 6.48. The maximum Gasteiger partial charge on any atom is 0.187 e. The Hall–Kier alpha value is -3.07. The topological polar surface area (TPSA) is 78.6 Å². The number of hydrogen-bond acceptors (Lipinski definition) is 7. The number of benzene rings is 1. The average molecular weight is 382 g/mol. The van der Waals surface area contributed by atoms with Crippen molar-refractivity contribution in [2.45, 2.75) is 11.7 Å². The Morgan fingerprint density at radius 1 is 1.19 bits per heavy atom. The first kappa shape index (κ1) is 17.3. The van der Waals surface area contributed by atoms with Crippen LogP contribution < -0.4 is 4.74 Å². The molecule has 1 aromatic carbocycles. The zero-order chi connectivity index (χ0) is 18.8. The molecule has 0 aliphatic rings. The number of methoxy groups -OCH3 is 1. The number of rotatable bonds is 5. The van der Waals surface area contributed by atoms with E-state index in [1.54, 1.807) is 29.2 Å². The summed E-state index contributed by atoms with van der Waals surface area (Å²) in [6.45, 7) is 0.355. The summed E-state index contributed by atoms with van der Waals surface area (Å²) in [6, 6.07) is 8.51. The van der Waals surface area contributed by atoms with E-state index in [1.165, 1.54) is 24.9 Å². The maximum absolute atomic E-state index is 13.9. The Labute approximate surface area is 158 Å². The summed E-state index contributed by atoms with van der Waals surface area (Å²) in [6.07, 6.45) is 5.37. The second-order valence-electron chi connectivity index (χ2n) is 5.71. The Kier molecular flexibility index (Phi) is 4.68. The van der Waals surface area contributed by atoms with Crippen LogP contribution in [-0.4, -0.2) is 43.3 Å². The minimum Gasteiger partial charge on any atom is -0.494 e. The lowest BCUT2D eigenvalue weighted by Crippen LogP contribution is -2.03. The highest BCUT2D eigenvalue weighted by atomic mass is 32.2. The van der Waals surface area contributed by atoms with Gasteiger partial charge in [0.05, 0.1) is 19.3 Å². The molecule has 0 unspecified atom stereocenters. The molecule has 0 radical (unpaired) electrons. The van der Waals surface area contributed by atoms with E-state index in [2.05, 4.69) is 25.3 Å². The molecule has 0 saturated carbocycles. The van der Waals surface area contributed by atoms with Crippen LogP contribution >= 0.6 is 11.8 Å². The van der Waals surface area contributed by atoms with Crippen molar-refractivity contribution in [1.29, 1.82) is 0 Å². The Balaban J connectivity index is 1.65. The zero-order valence-corrected chi connectivity index (χ0v) is 15.4. The van der Waals surface area contributed by atoms with Crippen LogP contribution in [0.5, 0.6) is 5.75 Å². The number of fused-ring (bicyclic) bond motifs is 1. The number of ether oxygens (including phenoxy) is 1. The van der Waals surface area contributed by atoms with Crippen molar-refractivity contribution in [2.75, 3.05) is 13.4 Å².